The largest absolute Gasteiger partial charge is 0.381 e. The number of hydrogen-bond acceptors (Lipinski definition) is 6. The summed E-state index contributed by atoms with van der Waals surface area (Å²) in [6.45, 7) is 1.47. The summed E-state index contributed by atoms with van der Waals surface area (Å²) < 4.78 is 29.4. The lowest BCUT2D eigenvalue weighted by Gasteiger charge is -2.23. The third-order valence-corrected chi connectivity index (χ3v) is 6.43. The molecule has 2 aromatic rings. The van der Waals surface area contributed by atoms with Crippen molar-refractivity contribution < 1.29 is 22.7 Å². The lowest BCUT2D eigenvalue weighted by Crippen LogP contribution is -2.23. The minimum absolute atomic E-state index is 0.0542. The number of fused-ring (bicyclic) bond motifs is 1. The summed E-state index contributed by atoms with van der Waals surface area (Å²) in [5.74, 6) is -0.494. The van der Waals surface area contributed by atoms with Crippen molar-refractivity contribution >= 4 is 27.1 Å². The van der Waals surface area contributed by atoms with Gasteiger partial charge in [-0.3, -0.25) is 9.59 Å². The van der Waals surface area contributed by atoms with E-state index in [0.29, 0.717) is 11.6 Å². The maximum atomic E-state index is 12.9. The van der Waals surface area contributed by atoms with Crippen LogP contribution in [0.4, 0.5) is 5.69 Å². The molecule has 6 nitrogen and oxygen atoms in total. The van der Waals surface area contributed by atoms with Gasteiger partial charge in [-0.05, 0) is 42.5 Å². The Labute approximate surface area is 169 Å². The van der Waals surface area contributed by atoms with Gasteiger partial charge in [0.15, 0.2) is 15.6 Å². The van der Waals surface area contributed by atoms with Gasteiger partial charge in [0.1, 0.15) is 0 Å². The number of allylic oxidation sites excluding steroid dienone is 2. The maximum absolute atomic E-state index is 12.9. The van der Waals surface area contributed by atoms with E-state index >= 15 is 0 Å². The highest BCUT2D eigenvalue weighted by Gasteiger charge is 2.30. The number of carbonyl (C=O) groups is 2. The van der Waals surface area contributed by atoms with Crippen molar-refractivity contribution in [1.82, 2.24) is 0 Å². The van der Waals surface area contributed by atoms with Gasteiger partial charge in [0.05, 0.1) is 16.2 Å². The van der Waals surface area contributed by atoms with E-state index in [4.69, 9.17) is 4.74 Å². The van der Waals surface area contributed by atoms with E-state index in [1.807, 2.05) is 18.2 Å². The number of carbonyl (C=O) groups excluding carboxylic acids is 2. The molecule has 0 spiro atoms. The zero-order chi connectivity index (χ0) is 20.6. The van der Waals surface area contributed by atoms with Crippen molar-refractivity contribution in [3.63, 3.8) is 0 Å². The van der Waals surface area contributed by atoms with Crippen LogP contribution in [-0.2, 0) is 14.6 Å². The van der Waals surface area contributed by atoms with Crippen LogP contribution in [0.1, 0.15) is 45.0 Å². The van der Waals surface area contributed by atoms with Crippen molar-refractivity contribution in [3.8, 4) is 0 Å². The summed E-state index contributed by atoms with van der Waals surface area (Å²) in [6, 6.07) is 12.1. The van der Waals surface area contributed by atoms with Crippen molar-refractivity contribution in [2.45, 2.75) is 23.7 Å². The third kappa shape index (κ3) is 3.88. The molecule has 7 heteroatoms. The SMILES string of the molecule is CS(=O)(=O)c1cccc2c1C(=O)C=C(Nc1cccc(C3CCOCC3)c1)C2=O. The van der Waals surface area contributed by atoms with Gasteiger partial charge < -0.3 is 10.1 Å². The molecule has 0 atom stereocenters. The van der Waals surface area contributed by atoms with Crippen molar-refractivity contribution in [2.75, 3.05) is 24.8 Å². The van der Waals surface area contributed by atoms with E-state index in [1.165, 1.54) is 24.3 Å². The van der Waals surface area contributed by atoms with Crippen LogP contribution in [0.2, 0.25) is 0 Å². The lowest BCUT2D eigenvalue weighted by molar-refractivity contribution is 0.0853. The monoisotopic (exact) mass is 411 g/mol. The molecule has 0 amide bonds. The van der Waals surface area contributed by atoms with Crippen LogP contribution in [-0.4, -0.2) is 39.5 Å². The first kappa shape index (κ1) is 19.5. The maximum Gasteiger partial charge on any atom is 0.210 e. The normalized spacial score (nSPS) is 17.6. The molecule has 1 aliphatic carbocycles. The summed E-state index contributed by atoms with van der Waals surface area (Å²) in [6.07, 6.45) is 4.11. The molecule has 29 heavy (non-hydrogen) atoms. The van der Waals surface area contributed by atoms with Gasteiger partial charge in [-0.15, -0.1) is 0 Å². The highest BCUT2D eigenvalue weighted by Crippen LogP contribution is 2.31. The molecule has 1 fully saturated rings. The van der Waals surface area contributed by atoms with Gasteiger partial charge in [0.25, 0.3) is 0 Å². The number of Topliss-reactive ketones (excluding diaryl/α,β-unsaturated/α-hetero) is 1. The molecule has 1 N–H and O–H groups in total. The van der Waals surface area contributed by atoms with Crippen LogP contribution >= 0.6 is 0 Å². The van der Waals surface area contributed by atoms with Crippen molar-refractivity contribution in [2.24, 2.45) is 0 Å². The number of rotatable bonds is 4. The fraction of sp³-hybridized carbons (Fsp3) is 0.273. The van der Waals surface area contributed by atoms with Gasteiger partial charge in [-0.1, -0.05) is 24.3 Å². The van der Waals surface area contributed by atoms with Gasteiger partial charge in [-0.2, -0.15) is 0 Å². The average molecular weight is 411 g/mol. The van der Waals surface area contributed by atoms with Crippen LogP contribution in [0, 0.1) is 0 Å². The molecule has 0 aromatic heterocycles. The molecule has 1 saturated heterocycles. The molecule has 150 valence electrons. The predicted molar refractivity (Wildman–Crippen MR) is 109 cm³/mol. The van der Waals surface area contributed by atoms with Crippen LogP contribution in [0.5, 0.6) is 0 Å². The van der Waals surface area contributed by atoms with E-state index in [-0.39, 0.29) is 21.7 Å². The molecular weight excluding hydrogens is 390 g/mol. The number of benzene rings is 2. The van der Waals surface area contributed by atoms with E-state index in [1.54, 1.807) is 0 Å². The number of ketones is 2. The Kier molecular flexibility index (Phi) is 5.10. The van der Waals surface area contributed by atoms with E-state index in [2.05, 4.69) is 11.4 Å². The minimum atomic E-state index is -3.63. The van der Waals surface area contributed by atoms with Crippen LogP contribution in [0.15, 0.2) is 59.1 Å². The number of ether oxygens (including phenoxy) is 1. The molecule has 0 saturated carbocycles. The van der Waals surface area contributed by atoms with Crippen LogP contribution < -0.4 is 5.32 Å². The highest BCUT2D eigenvalue weighted by molar-refractivity contribution is 7.90. The molecule has 1 heterocycles. The van der Waals surface area contributed by atoms with E-state index in [0.717, 1.165) is 37.9 Å². The van der Waals surface area contributed by atoms with Gasteiger partial charge in [0.2, 0.25) is 5.78 Å². The first-order chi connectivity index (χ1) is 13.8. The van der Waals surface area contributed by atoms with E-state index < -0.39 is 21.4 Å². The number of sulfone groups is 1. The van der Waals surface area contributed by atoms with Gasteiger partial charge in [0, 0.05) is 36.8 Å². The second-order valence-electron chi connectivity index (χ2n) is 7.34. The first-order valence-electron chi connectivity index (χ1n) is 9.43. The highest BCUT2D eigenvalue weighted by atomic mass is 32.2. The fourth-order valence-corrected chi connectivity index (χ4v) is 4.75. The second-order valence-corrected chi connectivity index (χ2v) is 9.32. The van der Waals surface area contributed by atoms with Crippen molar-refractivity contribution in [3.05, 3.63) is 70.9 Å². The summed E-state index contributed by atoms with van der Waals surface area (Å²) in [7, 11) is -3.63. The fourth-order valence-electron chi connectivity index (χ4n) is 3.85. The van der Waals surface area contributed by atoms with Crippen molar-refractivity contribution in [1.29, 1.82) is 0 Å². The second kappa shape index (κ2) is 7.57. The number of nitrogens with one attached hydrogen (secondary N) is 1. The molecule has 2 aliphatic rings. The van der Waals surface area contributed by atoms with Gasteiger partial charge in [-0.25, -0.2) is 8.42 Å². The molecular formula is C22H21NO5S. The van der Waals surface area contributed by atoms with Gasteiger partial charge >= 0.3 is 0 Å². The summed E-state index contributed by atoms with van der Waals surface area (Å²) >= 11 is 0. The summed E-state index contributed by atoms with van der Waals surface area (Å²) in [5.41, 5.74) is 2.06. The Hall–Kier alpha value is -2.77. The standard InChI is InChI=1S/C22H21NO5S/c1-29(26,27)20-7-3-6-17-21(20)19(24)13-18(22(17)25)23-16-5-2-4-15(12-16)14-8-10-28-11-9-14/h2-7,12-14,23H,8-11H2,1H3. The smallest absolute Gasteiger partial charge is 0.210 e. The Morgan fingerprint density at radius 1 is 1.03 bits per heavy atom. The third-order valence-electron chi connectivity index (χ3n) is 5.30. The van der Waals surface area contributed by atoms with E-state index in [9.17, 15) is 18.0 Å². The minimum Gasteiger partial charge on any atom is -0.381 e. The molecule has 2 aromatic carbocycles. The summed E-state index contributed by atoms with van der Waals surface area (Å²) in [5, 5.41) is 3.05. The Morgan fingerprint density at radius 3 is 2.48 bits per heavy atom. The predicted octanol–water partition coefficient (Wildman–Crippen LogP) is 3.36. The Balaban J connectivity index is 1.64. The van der Waals surface area contributed by atoms with Crippen LogP contribution in [0.3, 0.4) is 0 Å². The molecule has 0 bridgehead atoms. The first-order valence-corrected chi connectivity index (χ1v) is 11.3. The Bertz CT molecular complexity index is 1130. The quantitative estimate of drug-likeness (QED) is 0.830. The lowest BCUT2D eigenvalue weighted by atomic mass is 9.91. The average Bonchev–Trinajstić information content (AvgIpc) is 2.71. The van der Waals surface area contributed by atoms with Crippen LogP contribution in [0.25, 0.3) is 0 Å². The Morgan fingerprint density at radius 2 is 1.76 bits per heavy atom. The molecule has 4 rings (SSSR count). The zero-order valence-corrected chi connectivity index (χ0v) is 16.8. The molecule has 0 unspecified atom stereocenters. The molecule has 1 aliphatic heterocycles. The zero-order valence-electron chi connectivity index (χ0n) is 16.0. The number of hydrogen-bond donors (Lipinski definition) is 1. The molecule has 0 radical (unpaired) electrons. The number of anilines is 1. The summed E-state index contributed by atoms with van der Waals surface area (Å²) in [4.78, 5) is 25.5. The topological polar surface area (TPSA) is 89.5 Å².